The van der Waals surface area contributed by atoms with Crippen LogP contribution < -0.4 is 0 Å². The Balaban J connectivity index is 1.94. The van der Waals surface area contributed by atoms with E-state index in [-0.39, 0.29) is 0 Å². The molecule has 35 heavy (non-hydrogen) atoms. The predicted molar refractivity (Wildman–Crippen MR) is 159 cm³/mol. The van der Waals surface area contributed by atoms with Gasteiger partial charge < -0.3 is 9.80 Å². The Morgan fingerprint density at radius 1 is 0.371 bits per heavy atom. The molecule has 1 rings (SSSR count). The zero-order valence-corrected chi connectivity index (χ0v) is 24.7. The van der Waals surface area contributed by atoms with Crippen LogP contribution in [0.5, 0.6) is 0 Å². The van der Waals surface area contributed by atoms with E-state index in [1.165, 1.54) is 174 Å². The summed E-state index contributed by atoms with van der Waals surface area (Å²) in [6.45, 7) is 9.47. The van der Waals surface area contributed by atoms with Crippen molar-refractivity contribution >= 4 is 0 Å². The summed E-state index contributed by atoms with van der Waals surface area (Å²) in [5.41, 5.74) is 0. The molecule has 2 nitrogen and oxygen atoms in total. The maximum absolute atomic E-state index is 2.65. The van der Waals surface area contributed by atoms with Gasteiger partial charge in [0.2, 0.25) is 0 Å². The fourth-order valence-electron chi connectivity index (χ4n) is 5.69. The quantitative estimate of drug-likeness (QED) is 0.106. The van der Waals surface area contributed by atoms with Crippen molar-refractivity contribution in [2.24, 2.45) is 0 Å². The smallest absolute Gasteiger partial charge is 0.101 e. The molecule has 0 spiro atoms. The lowest BCUT2D eigenvalue weighted by atomic mass is 10.0. The molecule has 1 atom stereocenters. The Hall–Kier alpha value is -0.660. The summed E-state index contributed by atoms with van der Waals surface area (Å²) in [6.07, 6.45) is 41.1. The largest absolute Gasteiger partial charge is 0.356 e. The second kappa shape index (κ2) is 25.0. The highest BCUT2D eigenvalue weighted by molar-refractivity contribution is 4.96. The summed E-state index contributed by atoms with van der Waals surface area (Å²) < 4.78 is 0. The first-order chi connectivity index (χ1) is 17.3. The van der Waals surface area contributed by atoms with E-state index in [0.29, 0.717) is 6.17 Å². The summed E-state index contributed by atoms with van der Waals surface area (Å²) in [4.78, 5) is 5.29. The molecule has 0 aromatic heterocycles. The average Bonchev–Trinajstić information content (AvgIpc) is 3.24. The first-order valence-corrected chi connectivity index (χ1v) is 16.5. The van der Waals surface area contributed by atoms with Gasteiger partial charge >= 0.3 is 0 Å². The molecule has 0 aromatic carbocycles. The Bertz CT molecular complexity index is 446. The van der Waals surface area contributed by atoms with Crippen LogP contribution in [0.15, 0.2) is 12.4 Å². The minimum Gasteiger partial charge on any atom is -0.356 e. The van der Waals surface area contributed by atoms with Crippen molar-refractivity contribution in [1.29, 1.82) is 0 Å². The first kappa shape index (κ1) is 32.4. The molecule has 0 saturated carbocycles. The molecule has 208 valence electrons. The van der Waals surface area contributed by atoms with E-state index >= 15 is 0 Å². The topological polar surface area (TPSA) is 6.48 Å². The van der Waals surface area contributed by atoms with Gasteiger partial charge in [0, 0.05) is 25.5 Å². The fraction of sp³-hybridized carbons (Fsp3) is 0.939. The fourth-order valence-corrected chi connectivity index (χ4v) is 5.69. The lowest BCUT2D eigenvalue weighted by Crippen LogP contribution is -2.39. The number of nitrogens with zero attached hydrogens (tertiary/aromatic N) is 2. The highest BCUT2D eigenvalue weighted by Gasteiger charge is 2.24. The molecule has 0 fully saturated rings. The van der Waals surface area contributed by atoms with E-state index in [9.17, 15) is 0 Å². The molecule has 0 N–H and O–H groups in total. The number of hydrogen-bond acceptors (Lipinski definition) is 2. The SMILES string of the molecule is CCCCCCCCCCCCCCCCCCN1C=CN(CCCCCCCCC)C1CCC. The third-order valence-corrected chi connectivity index (χ3v) is 8.05. The summed E-state index contributed by atoms with van der Waals surface area (Å²) in [5, 5.41) is 0. The molecule has 0 amide bonds. The van der Waals surface area contributed by atoms with Crippen molar-refractivity contribution in [2.45, 2.75) is 187 Å². The molecular formula is C33H66N2. The van der Waals surface area contributed by atoms with E-state index < -0.39 is 0 Å². The Morgan fingerprint density at radius 3 is 0.943 bits per heavy atom. The maximum atomic E-state index is 2.65. The van der Waals surface area contributed by atoms with Crippen LogP contribution in [-0.4, -0.2) is 29.1 Å². The van der Waals surface area contributed by atoms with Gasteiger partial charge in [-0.15, -0.1) is 0 Å². The summed E-state index contributed by atoms with van der Waals surface area (Å²) in [6, 6.07) is 0. The highest BCUT2D eigenvalue weighted by atomic mass is 15.4. The third kappa shape index (κ3) is 18.3. The van der Waals surface area contributed by atoms with Crippen LogP contribution in [-0.2, 0) is 0 Å². The maximum Gasteiger partial charge on any atom is 0.101 e. The van der Waals surface area contributed by atoms with Gasteiger partial charge in [-0.3, -0.25) is 0 Å². The van der Waals surface area contributed by atoms with E-state index in [1.807, 2.05) is 0 Å². The van der Waals surface area contributed by atoms with E-state index in [1.54, 1.807) is 0 Å². The minimum atomic E-state index is 0.636. The van der Waals surface area contributed by atoms with Gasteiger partial charge in [0.1, 0.15) is 6.17 Å². The lowest BCUT2D eigenvalue weighted by molar-refractivity contribution is 0.138. The number of hydrogen-bond donors (Lipinski definition) is 0. The molecule has 0 aromatic rings. The summed E-state index contributed by atoms with van der Waals surface area (Å²) in [7, 11) is 0. The zero-order valence-electron chi connectivity index (χ0n) is 24.7. The van der Waals surface area contributed by atoms with E-state index in [2.05, 4.69) is 43.0 Å². The Kier molecular flexibility index (Phi) is 23.1. The molecular weight excluding hydrogens is 424 g/mol. The van der Waals surface area contributed by atoms with Gasteiger partial charge in [0.15, 0.2) is 0 Å². The van der Waals surface area contributed by atoms with E-state index in [4.69, 9.17) is 0 Å². The van der Waals surface area contributed by atoms with Gasteiger partial charge in [-0.1, -0.05) is 162 Å². The van der Waals surface area contributed by atoms with Crippen molar-refractivity contribution in [1.82, 2.24) is 9.80 Å². The van der Waals surface area contributed by atoms with E-state index in [0.717, 1.165) is 0 Å². The van der Waals surface area contributed by atoms with Crippen molar-refractivity contribution < 1.29 is 0 Å². The average molecular weight is 491 g/mol. The molecule has 1 aliphatic rings. The van der Waals surface area contributed by atoms with Gasteiger partial charge in [0.05, 0.1) is 0 Å². The zero-order chi connectivity index (χ0) is 25.2. The van der Waals surface area contributed by atoms with Crippen molar-refractivity contribution in [2.75, 3.05) is 13.1 Å². The summed E-state index contributed by atoms with van der Waals surface area (Å²) >= 11 is 0. The highest BCUT2D eigenvalue weighted by Crippen LogP contribution is 2.22. The molecule has 2 heteroatoms. The van der Waals surface area contributed by atoms with Crippen molar-refractivity contribution in [3.8, 4) is 0 Å². The number of unbranched alkanes of at least 4 members (excludes halogenated alkanes) is 21. The van der Waals surface area contributed by atoms with Crippen LogP contribution in [0.25, 0.3) is 0 Å². The second-order valence-electron chi connectivity index (χ2n) is 11.5. The van der Waals surface area contributed by atoms with Crippen molar-refractivity contribution in [3.63, 3.8) is 0 Å². The molecule has 1 unspecified atom stereocenters. The molecule has 0 radical (unpaired) electrons. The molecule has 1 aliphatic heterocycles. The standard InChI is InChI=1S/C33H66N2/c1-4-7-9-11-13-14-15-16-17-18-19-20-21-23-25-27-30-35-32-31-34(33(35)28-6-3)29-26-24-22-12-10-8-5-2/h31-33H,4-30H2,1-3H3. The van der Waals surface area contributed by atoms with Gasteiger partial charge in [-0.25, -0.2) is 0 Å². The van der Waals surface area contributed by atoms with Crippen molar-refractivity contribution in [3.05, 3.63) is 12.4 Å². The van der Waals surface area contributed by atoms with Crippen LogP contribution in [0.3, 0.4) is 0 Å². The third-order valence-electron chi connectivity index (χ3n) is 8.05. The molecule has 1 heterocycles. The monoisotopic (exact) mass is 491 g/mol. The van der Waals surface area contributed by atoms with Crippen LogP contribution in [0.2, 0.25) is 0 Å². The van der Waals surface area contributed by atoms with Gasteiger partial charge in [0.25, 0.3) is 0 Å². The van der Waals surface area contributed by atoms with Gasteiger partial charge in [-0.2, -0.15) is 0 Å². The predicted octanol–water partition coefficient (Wildman–Crippen LogP) is 11.2. The molecule has 0 aliphatic carbocycles. The number of rotatable bonds is 27. The Labute approximate surface area is 222 Å². The second-order valence-corrected chi connectivity index (χ2v) is 11.5. The normalized spacial score (nSPS) is 15.6. The molecule has 0 bridgehead atoms. The molecule has 0 saturated heterocycles. The Morgan fingerprint density at radius 2 is 0.657 bits per heavy atom. The minimum absolute atomic E-state index is 0.636. The van der Waals surface area contributed by atoms with Crippen LogP contribution in [0.1, 0.15) is 181 Å². The first-order valence-electron chi connectivity index (χ1n) is 16.5. The van der Waals surface area contributed by atoms with Gasteiger partial charge in [-0.05, 0) is 19.3 Å². The van der Waals surface area contributed by atoms with Crippen LogP contribution in [0, 0.1) is 0 Å². The van der Waals surface area contributed by atoms with Crippen LogP contribution >= 0.6 is 0 Å². The van der Waals surface area contributed by atoms with Crippen LogP contribution in [0.4, 0.5) is 0 Å². The summed E-state index contributed by atoms with van der Waals surface area (Å²) in [5.74, 6) is 0. The lowest BCUT2D eigenvalue weighted by Gasteiger charge is -2.33.